The Labute approximate surface area is 269 Å². The third-order valence-corrected chi connectivity index (χ3v) is 8.21. The van der Waals surface area contributed by atoms with E-state index in [9.17, 15) is 18.0 Å². The summed E-state index contributed by atoms with van der Waals surface area (Å²) in [6.45, 7) is 4.37. The van der Waals surface area contributed by atoms with Crippen LogP contribution in [0.2, 0.25) is 0 Å². The first-order valence-electron chi connectivity index (χ1n) is 16.0. The molecule has 0 bridgehead atoms. The van der Waals surface area contributed by atoms with Crippen molar-refractivity contribution in [2.75, 3.05) is 0 Å². The van der Waals surface area contributed by atoms with Gasteiger partial charge in [-0.15, -0.1) is 0 Å². The quantitative estimate of drug-likeness (QED) is 0.0920. The lowest BCUT2D eigenvalue weighted by Crippen LogP contribution is -2.01. The first kappa shape index (κ1) is 39.5. The van der Waals surface area contributed by atoms with E-state index in [-0.39, 0.29) is 16.0 Å². The Morgan fingerprint density at radius 2 is 1.16 bits per heavy atom. The lowest BCUT2D eigenvalue weighted by molar-refractivity contribution is 0.0696. The number of aromatic carboxylic acids is 2. The zero-order valence-corrected chi connectivity index (χ0v) is 28.0. The zero-order valence-electron chi connectivity index (χ0n) is 27.2. The van der Waals surface area contributed by atoms with Crippen molar-refractivity contribution in [1.29, 1.82) is 0 Å². The minimum Gasteiger partial charge on any atom is -0.478 e. The molecule has 3 aromatic rings. The topological polar surface area (TPSA) is 147 Å². The average molecular weight is 645 g/mol. The lowest BCUT2D eigenvalue weighted by Gasteiger charge is -2.03. The molecule has 0 spiro atoms. The van der Waals surface area contributed by atoms with E-state index < -0.39 is 22.1 Å². The number of imidazole rings is 1. The molecule has 0 aliphatic heterocycles. The minimum absolute atomic E-state index is 0.0186. The average Bonchev–Trinajstić information content (AvgIpc) is 3.34. The molecule has 0 atom stereocenters. The second-order valence-corrected chi connectivity index (χ2v) is 12.6. The van der Waals surface area contributed by atoms with Crippen LogP contribution in [0.4, 0.5) is 0 Å². The van der Waals surface area contributed by atoms with Crippen molar-refractivity contribution in [2.45, 2.75) is 115 Å². The van der Waals surface area contributed by atoms with E-state index in [4.69, 9.17) is 14.8 Å². The number of nitrogens with zero attached hydrogens (tertiary/aromatic N) is 2. The largest absolute Gasteiger partial charge is 0.478 e. The van der Waals surface area contributed by atoms with Crippen LogP contribution in [0.5, 0.6) is 0 Å². The number of rotatable bonds is 18. The molecule has 0 unspecified atom stereocenters. The van der Waals surface area contributed by atoms with Gasteiger partial charge in [-0.25, -0.2) is 14.6 Å². The fourth-order valence-electron chi connectivity index (χ4n) is 4.63. The summed E-state index contributed by atoms with van der Waals surface area (Å²) >= 11 is 0. The minimum atomic E-state index is -4.00. The summed E-state index contributed by atoms with van der Waals surface area (Å²) in [5.74, 6) is -1.12. The molecular weight excluding hydrogens is 592 g/mol. The summed E-state index contributed by atoms with van der Waals surface area (Å²) in [4.78, 5) is 25.3. The number of unbranched alkanes of at least 4 members (excludes halogenated alkanes) is 13. The van der Waals surface area contributed by atoms with E-state index in [0.29, 0.717) is 0 Å². The van der Waals surface area contributed by atoms with Crippen molar-refractivity contribution < 1.29 is 32.8 Å². The van der Waals surface area contributed by atoms with Gasteiger partial charge in [0.15, 0.2) is 0 Å². The second kappa shape index (κ2) is 22.9. The Hall–Kier alpha value is -3.50. The number of carbonyl (C=O) groups is 2. The molecule has 250 valence electrons. The highest BCUT2D eigenvalue weighted by Crippen LogP contribution is 2.14. The van der Waals surface area contributed by atoms with Crippen LogP contribution in [0.25, 0.3) is 0 Å². The van der Waals surface area contributed by atoms with Gasteiger partial charge in [0.1, 0.15) is 5.82 Å². The maximum atomic E-state index is 10.4. The lowest BCUT2D eigenvalue weighted by atomic mass is 10.0. The number of aryl methyl sites for hydroxylation is 3. The first-order chi connectivity index (χ1) is 21.5. The maximum Gasteiger partial charge on any atom is 0.335 e. The molecule has 9 nitrogen and oxygen atoms in total. The molecule has 3 N–H and O–H groups in total. The molecule has 2 aromatic carbocycles. The second-order valence-electron chi connectivity index (χ2n) is 11.2. The molecule has 0 saturated carbocycles. The number of carboxylic acid groups (broad SMARTS) is 2. The van der Waals surface area contributed by atoms with Crippen molar-refractivity contribution in [3.8, 4) is 0 Å². The summed E-state index contributed by atoms with van der Waals surface area (Å²) < 4.78 is 31.4. The van der Waals surface area contributed by atoms with E-state index >= 15 is 0 Å². The highest BCUT2D eigenvalue weighted by Gasteiger charge is 2.07. The van der Waals surface area contributed by atoms with E-state index in [1.165, 1.54) is 126 Å². The molecule has 0 saturated heterocycles. The van der Waals surface area contributed by atoms with Crippen molar-refractivity contribution in [2.24, 2.45) is 7.05 Å². The molecule has 3 rings (SSSR count). The van der Waals surface area contributed by atoms with Crippen LogP contribution in [0.15, 0.2) is 65.7 Å². The smallest absolute Gasteiger partial charge is 0.335 e. The van der Waals surface area contributed by atoms with E-state index in [1.54, 1.807) is 18.2 Å². The predicted octanol–water partition coefficient (Wildman–Crippen LogP) is 8.77. The Morgan fingerprint density at radius 1 is 0.711 bits per heavy atom. The van der Waals surface area contributed by atoms with Crippen LogP contribution < -0.4 is 0 Å². The van der Waals surface area contributed by atoms with Gasteiger partial charge in [0.05, 0.1) is 21.7 Å². The molecule has 0 fully saturated rings. The molecule has 0 amide bonds. The Morgan fingerprint density at radius 3 is 1.51 bits per heavy atom. The molecule has 0 aliphatic carbocycles. The van der Waals surface area contributed by atoms with Crippen LogP contribution in [0.3, 0.4) is 0 Å². The van der Waals surface area contributed by atoms with Gasteiger partial charge in [-0.3, -0.25) is 4.55 Å². The summed E-state index contributed by atoms with van der Waals surface area (Å²) in [6, 6.07) is 12.6. The van der Waals surface area contributed by atoms with Crippen molar-refractivity contribution in [3.63, 3.8) is 0 Å². The van der Waals surface area contributed by atoms with Crippen molar-refractivity contribution in [3.05, 3.63) is 83.4 Å². The first-order valence-corrected chi connectivity index (χ1v) is 17.5. The van der Waals surface area contributed by atoms with Gasteiger partial charge in [0.25, 0.3) is 10.1 Å². The van der Waals surface area contributed by atoms with Gasteiger partial charge < -0.3 is 14.8 Å². The van der Waals surface area contributed by atoms with Crippen LogP contribution >= 0.6 is 0 Å². The molecule has 1 aromatic heterocycles. The number of aromatic nitrogens is 2. The molecule has 10 heteroatoms. The third kappa shape index (κ3) is 18.8. The van der Waals surface area contributed by atoms with Gasteiger partial charge in [0, 0.05) is 13.2 Å². The van der Waals surface area contributed by atoms with Crippen molar-refractivity contribution >= 4 is 22.1 Å². The molecular formula is C35H52N2O7S. The standard InChI is InChI=1S/C21H40N2.C8H6O4.C6H6O3S/c1-4-5-6-7-8-9-10-11-12-13-14-15-16-17-18-21-19-23(3)20(2)22-21;9-7(10)5-2-1-3-6(4-5)8(11)12;7-10(8,9)6-4-2-1-3-5-6/h19H,4-18H2,1-3H3;1-4H,(H,9,10)(H,11,12);1-5H,(H,7,8,9). The zero-order chi connectivity index (χ0) is 33.5. The van der Waals surface area contributed by atoms with E-state index in [2.05, 4.69) is 36.6 Å². The number of hydrogen-bond donors (Lipinski definition) is 3. The molecule has 45 heavy (non-hydrogen) atoms. The summed E-state index contributed by atoms with van der Waals surface area (Å²) in [6.07, 6.45) is 23.3. The van der Waals surface area contributed by atoms with Crippen LogP contribution in [-0.4, -0.2) is 44.7 Å². The van der Waals surface area contributed by atoms with Crippen LogP contribution in [0, 0.1) is 6.92 Å². The normalized spacial score (nSPS) is 10.8. The van der Waals surface area contributed by atoms with Gasteiger partial charge in [-0.05, 0) is 50.1 Å². The SMILES string of the molecule is CCCCCCCCCCCCCCCCc1cn(C)c(C)n1.O=C(O)c1cccc(C(=O)O)c1.O=S(=O)(O)c1ccccc1. The van der Waals surface area contributed by atoms with Crippen LogP contribution in [-0.2, 0) is 23.6 Å². The van der Waals surface area contributed by atoms with Crippen LogP contribution in [0.1, 0.15) is 129 Å². The van der Waals surface area contributed by atoms with Crippen molar-refractivity contribution in [1.82, 2.24) is 9.55 Å². The fraction of sp³-hybridized carbons (Fsp3) is 0.514. The number of benzene rings is 2. The highest BCUT2D eigenvalue weighted by molar-refractivity contribution is 7.85. The number of carboxylic acids is 2. The number of hydrogen-bond acceptors (Lipinski definition) is 5. The maximum absolute atomic E-state index is 10.4. The van der Waals surface area contributed by atoms with E-state index in [1.807, 2.05) is 0 Å². The Bertz CT molecular complexity index is 1310. The van der Waals surface area contributed by atoms with Gasteiger partial charge >= 0.3 is 11.9 Å². The van der Waals surface area contributed by atoms with Gasteiger partial charge in [0.2, 0.25) is 0 Å². The molecule has 0 aliphatic rings. The summed E-state index contributed by atoms with van der Waals surface area (Å²) in [5.41, 5.74) is 1.23. The fourth-order valence-corrected chi connectivity index (χ4v) is 5.13. The molecule has 1 heterocycles. The predicted molar refractivity (Wildman–Crippen MR) is 179 cm³/mol. The summed E-state index contributed by atoms with van der Waals surface area (Å²) in [5, 5.41) is 17.0. The van der Waals surface area contributed by atoms with Gasteiger partial charge in [-0.2, -0.15) is 8.42 Å². The monoisotopic (exact) mass is 644 g/mol. The summed E-state index contributed by atoms with van der Waals surface area (Å²) in [7, 11) is -1.92. The Balaban J connectivity index is 0.000000381. The van der Waals surface area contributed by atoms with E-state index in [0.717, 1.165) is 18.3 Å². The van der Waals surface area contributed by atoms with Gasteiger partial charge in [-0.1, -0.05) is 115 Å². The Kier molecular flexibility index (Phi) is 20.1. The highest BCUT2D eigenvalue weighted by atomic mass is 32.2. The molecule has 0 radical (unpaired) electrons. The third-order valence-electron chi connectivity index (χ3n) is 7.34.